The Bertz CT molecular complexity index is 1200. The summed E-state index contributed by atoms with van der Waals surface area (Å²) in [5, 5.41) is 0.980. The quantitative estimate of drug-likeness (QED) is 0.463. The number of fused-ring (bicyclic) bond motifs is 1. The van der Waals surface area contributed by atoms with E-state index in [4.69, 9.17) is 21.1 Å². The van der Waals surface area contributed by atoms with Gasteiger partial charge in [-0.3, -0.25) is 9.69 Å². The Kier molecular flexibility index (Phi) is 6.99. The highest BCUT2D eigenvalue weighted by Crippen LogP contribution is 2.32. The number of rotatable bonds is 8. The molecule has 1 saturated heterocycles. The molecule has 2 aromatic carbocycles. The molecular weight excluding hydrogens is 472 g/mol. The maximum atomic E-state index is 13.2. The molecule has 2 heterocycles. The van der Waals surface area contributed by atoms with Gasteiger partial charge in [-0.05, 0) is 55.3 Å². The topological polar surface area (TPSA) is 85.8 Å². The number of carbonyl (C=O) groups is 1. The van der Waals surface area contributed by atoms with Crippen LogP contribution in [0, 0.1) is 0 Å². The van der Waals surface area contributed by atoms with Crippen molar-refractivity contribution in [2.24, 2.45) is 0 Å². The van der Waals surface area contributed by atoms with Crippen LogP contribution in [0.15, 0.2) is 47.4 Å². The molecule has 10 heteroatoms. The fourth-order valence-electron chi connectivity index (χ4n) is 3.53. The largest absolute Gasteiger partial charge is 0.497 e. The zero-order valence-electron chi connectivity index (χ0n) is 17.5. The van der Waals surface area contributed by atoms with Gasteiger partial charge in [0.25, 0.3) is 0 Å². The lowest BCUT2D eigenvalue weighted by Crippen LogP contribution is -2.38. The summed E-state index contributed by atoms with van der Waals surface area (Å²) in [4.78, 5) is 19.5. The van der Waals surface area contributed by atoms with E-state index in [1.807, 2.05) is 18.2 Å². The zero-order chi connectivity index (χ0) is 22.7. The van der Waals surface area contributed by atoms with Gasteiger partial charge in [-0.1, -0.05) is 22.9 Å². The Morgan fingerprint density at radius 2 is 2.06 bits per heavy atom. The number of hydrogen-bond acceptors (Lipinski definition) is 7. The molecule has 0 spiro atoms. The van der Waals surface area contributed by atoms with E-state index in [0.29, 0.717) is 29.1 Å². The molecule has 0 bridgehead atoms. The van der Waals surface area contributed by atoms with Crippen LogP contribution in [-0.2, 0) is 19.4 Å². The Balaban J connectivity index is 1.55. The molecule has 170 valence electrons. The molecule has 1 aliphatic heterocycles. The van der Waals surface area contributed by atoms with Gasteiger partial charge in [0, 0.05) is 18.1 Å². The number of aromatic nitrogens is 1. The molecule has 1 aromatic heterocycles. The molecule has 0 N–H and O–H groups in total. The summed E-state index contributed by atoms with van der Waals surface area (Å²) in [6.07, 6.45) is 1.55. The number of ether oxygens (including phenoxy) is 2. The maximum Gasteiger partial charge on any atom is 0.229 e. The predicted molar refractivity (Wildman–Crippen MR) is 126 cm³/mol. The van der Waals surface area contributed by atoms with E-state index in [-0.39, 0.29) is 29.1 Å². The fourth-order valence-corrected chi connectivity index (χ4v) is 5.91. The van der Waals surface area contributed by atoms with Crippen LogP contribution in [0.3, 0.4) is 0 Å². The second-order valence-electron chi connectivity index (χ2n) is 7.49. The van der Waals surface area contributed by atoms with Gasteiger partial charge in [-0.25, -0.2) is 13.4 Å². The summed E-state index contributed by atoms with van der Waals surface area (Å²) >= 11 is 7.22. The molecule has 0 aliphatic carbocycles. The number of carbonyl (C=O) groups excluding carboxylic acids is 1. The third-order valence-corrected chi connectivity index (χ3v) is 8.31. The number of nitrogens with zero attached hydrogens (tertiary/aromatic N) is 2. The van der Waals surface area contributed by atoms with Crippen LogP contribution in [0.25, 0.3) is 10.2 Å². The van der Waals surface area contributed by atoms with E-state index in [1.165, 1.54) is 35.6 Å². The highest BCUT2D eigenvalue weighted by molar-refractivity contribution is 7.91. The summed E-state index contributed by atoms with van der Waals surface area (Å²) in [6, 6.07) is 11.5. The van der Waals surface area contributed by atoms with Crippen LogP contribution in [0.1, 0.15) is 19.3 Å². The van der Waals surface area contributed by atoms with E-state index < -0.39 is 9.84 Å². The monoisotopic (exact) mass is 494 g/mol. The van der Waals surface area contributed by atoms with Crippen molar-refractivity contribution in [3.05, 3.63) is 47.5 Å². The summed E-state index contributed by atoms with van der Waals surface area (Å²) in [7, 11) is -2.02. The molecule has 1 fully saturated rings. The van der Waals surface area contributed by atoms with Crippen molar-refractivity contribution >= 4 is 54.0 Å². The van der Waals surface area contributed by atoms with Crippen LogP contribution in [-0.4, -0.2) is 51.4 Å². The summed E-state index contributed by atoms with van der Waals surface area (Å²) < 4.78 is 37.3. The first kappa shape index (κ1) is 23.0. The lowest BCUT2D eigenvalue weighted by molar-refractivity contribution is -0.118. The Morgan fingerprint density at radius 1 is 1.28 bits per heavy atom. The summed E-state index contributed by atoms with van der Waals surface area (Å²) in [5.41, 5.74) is 0.754. The van der Waals surface area contributed by atoms with Gasteiger partial charge in [0.1, 0.15) is 5.75 Å². The number of amides is 1. The summed E-state index contributed by atoms with van der Waals surface area (Å²) in [5.74, 6) is 0.108. The number of methoxy groups -OCH3 is 1. The van der Waals surface area contributed by atoms with Gasteiger partial charge < -0.3 is 9.47 Å². The van der Waals surface area contributed by atoms with Crippen molar-refractivity contribution in [1.82, 2.24) is 4.98 Å². The lowest BCUT2D eigenvalue weighted by Gasteiger charge is -2.23. The maximum absolute atomic E-state index is 13.2. The molecule has 0 saturated carbocycles. The minimum absolute atomic E-state index is 0.0895. The molecule has 3 aromatic rings. The standard InChI is InChI=1S/C22H23ClN2O5S2/c1-29-16-6-9-19-20(13-16)31-22(24-19)25(14-17-3-2-11-30-17)21(26)10-12-32(27,28)18-7-4-15(23)5-8-18/h4-9,13,17H,2-3,10-12,14H2,1H3. The van der Waals surface area contributed by atoms with Crippen molar-refractivity contribution in [3.8, 4) is 5.75 Å². The highest BCUT2D eigenvalue weighted by Gasteiger charge is 2.27. The third kappa shape index (κ3) is 5.23. The Morgan fingerprint density at radius 3 is 2.75 bits per heavy atom. The number of sulfone groups is 1. The molecule has 32 heavy (non-hydrogen) atoms. The second kappa shape index (κ2) is 9.74. The van der Waals surface area contributed by atoms with Crippen LogP contribution in [0.4, 0.5) is 5.13 Å². The fraction of sp³-hybridized carbons (Fsp3) is 0.364. The van der Waals surface area contributed by atoms with Gasteiger partial charge in [-0.2, -0.15) is 0 Å². The van der Waals surface area contributed by atoms with Crippen molar-refractivity contribution < 1.29 is 22.7 Å². The van der Waals surface area contributed by atoms with E-state index in [2.05, 4.69) is 4.98 Å². The normalized spacial score (nSPS) is 16.4. The average Bonchev–Trinajstić information content (AvgIpc) is 3.45. The molecule has 4 rings (SSSR count). The van der Waals surface area contributed by atoms with Crippen molar-refractivity contribution in [2.75, 3.05) is 30.9 Å². The lowest BCUT2D eigenvalue weighted by atomic mass is 10.2. The number of hydrogen-bond donors (Lipinski definition) is 0. The van der Waals surface area contributed by atoms with Gasteiger partial charge in [0.2, 0.25) is 5.91 Å². The first-order chi connectivity index (χ1) is 15.4. The summed E-state index contributed by atoms with van der Waals surface area (Å²) in [6.45, 7) is 1.01. The van der Waals surface area contributed by atoms with Crippen molar-refractivity contribution in [3.63, 3.8) is 0 Å². The van der Waals surface area contributed by atoms with E-state index >= 15 is 0 Å². The number of anilines is 1. The van der Waals surface area contributed by atoms with Gasteiger partial charge >= 0.3 is 0 Å². The van der Waals surface area contributed by atoms with E-state index in [0.717, 1.165) is 23.1 Å². The molecule has 7 nitrogen and oxygen atoms in total. The van der Waals surface area contributed by atoms with Gasteiger partial charge in [0.15, 0.2) is 15.0 Å². The molecule has 1 amide bonds. The number of thiazole rings is 1. The Hall–Kier alpha value is -2.20. The highest BCUT2D eigenvalue weighted by atomic mass is 35.5. The van der Waals surface area contributed by atoms with Gasteiger partial charge in [-0.15, -0.1) is 0 Å². The minimum atomic E-state index is -3.62. The van der Waals surface area contributed by atoms with Crippen LogP contribution in [0.5, 0.6) is 5.75 Å². The van der Waals surface area contributed by atoms with E-state index in [1.54, 1.807) is 12.0 Å². The predicted octanol–water partition coefficient (Wildman–Crippen LogP) is 4.33. The van der Waals surface area contributed by atoms with Crippen LogP contribution in [0.2, 0.25) is 5.02 Å². The second-order valence-corrected chi connectivity index (χ2v) is 11.0. The van der Waals surface area contributed by atoms with Crippen LogP contribution >= 0.6 is 22.9 Å². The SMILES string of the molecule is COc1ccc2nc(N(CC3CCCO3)C(=O)CCS(=O)(=O)c3ccc(Cl)cc3)sc2c1. The number of halogens is 1. The van der Waals surface area contributed by atoms with E-state index in [9.17, 15) is 13.2 Å². The molecule has 0 radical (unpaired) electrons. The third-order valence-electron chi connectivity index (χ3n) is 5.28. The minimum Gasteiger partial charge on any atom is -0.497 e. The zero-order valence-corrected chi connectivity index (χ0v) is 19.9. The van der Waals surface area contributed by atoms with Crippen molar-refractivity contribution in [2.45, 2.75) is 30.3 Å². The van der Waals surface area contributed by atoms with Gasteiger partial charge in [0.05, 0.1) is 40.6 Å². The molecular formula is C22H23ClN2O5S2. The average molecular weight is 495 g/mol. The number of benzene rings is 2. The molecule has 1 aliphatic rings. The smallest absolute Gasteiger partial charge is 0.229 e. The molecule has 1 atom stereocenters. The Labute approximate surface area is 195 Å². The van der Waals surface area contributed by atoms with Crippen LogP contribution < -0.4 is 9.64 Å². The first-order valence-corrected chi connectivity index (χ1v) is 13.1. The van der Waals surface area contributed by atoms with Crippen molar-refractivity contribution in [1.29, 1.82) is 0 Å². The molecule has 1 unspecified atom stereocenters. The first-order valence-electron chi connectivity index (χ1n) is 10.2.